The molecule has 1 amide bonds. The first-order chi connectivity index (χ1) is 14.5. The Bertz CT molecular complexity index is 1050. The van der Waals surface area contributed by atoms with E-state index in [1.807, 2.05) is 31.2 Å². The number of ether oxygens (including phenoxy) is 1. The number of carbonyl (C=O) groups is 1. The first-order valence-corrected chi connectivity index (χ1v) is 10.3. The van der Waals surface area contributed by atoms with Crippen LogP contribution in [0.3, 0.4) is 0 Å². The van der Waals surface area contributed by atoms with Crippen molar-refractivity contribution >= 4 is 34.2 Å². The summed E-state index contributed by atoms with van der Waals surface area (Å²) in [5, 5.41) is 14.6. The van der Waals surface area contributed by atoms with Gasteiger partial charge in [0.1, 0.15) is 5.75 Å². The van der Waals surface area contributed by atoms with Crippen molar-refractivity contribution < 1.29 is 14.5 Å². The molecule has 2 aromatic carbocycles. The van der Waals surface area contributed by atoms with Crippen LogP contribution in [0.25, 0.3) is 0 Å². The van der Waals surface area contributed by atoms with E-state index in [-0.39, 0.29) is 17.6 Å². The minimum Gasteiger partial charge on any atom is -0.497 e. The lowest BCUT2D eigenvalue weighted by Gasteiger charge is -2.34. The second-order valence-corrected chi connectivity index (χ2v) is 7.93. The smallest absolute Gasteiger partial charge is 0.269 e. The second kappa shape index (κ2) is 8.19. The Morgan fingerprint density at radius 1 is 1.23 bits per heavy atom. The van der Waals surface area contributed by atoms with Crippen molar-refractivity contribution in [3.05, 3.63) is 75.5 Å². The molecule has 9 heteroatoms. The minimum absolute atomic E-state index is 0.0273. The molecule has 0 radical (unpaired) electrons. The van der Waals surface area contributed by atoms with Gasteiger partial charge in [0.2, 0.25) is 0 Å². The number of allylic oxidation sites excluding steroid dienone is 1. The van der Waals surface area contributed by atoms with E-state index >= 15 is 0 Å². The number of nitro benzene ring substituents is 1. The molecule has 1 N–H and O–H groups in total. The van der Waals surface area contributed by atoms with Crippen LogP contribution in [0.4, 0.5) is 11.4 Å². The first kappa shape index (κ1) is 20.0. The number of benzene rings is 2. The third kappa shape index (κ3) is 3.76. The SMILES string of the molecule is COc1ccc(C2C(C(=O)Nc3ccc([N+](=O)[O-])cc3)=C(C)N=C3SCCN32)cc1. The van der Waals surface area contributed by atoms with Gasteiger partial charge in [0, 0.05) is 30.1 Å². The number of nitrogens with zero attached hydrogens (tertiary/aromatic N) is 3. The molecule has 1 atom stereocenters. The molecule has 2 heterocycles. The average Bonchev–Trinajstić information content (AvgIpc) is 3.21. The van der Waals surface area contributed by atoms with Gasteiger partial charge in [0.15, 0.2) is 5.17 Å². The van der Waals surface area contributed by atoms with Gasteiger partial charge in [-0.3, -0.25) is 14.9 Å². The van der Waals surface area contributed by atoms with Gasteiger partial charge in [0.05, 0.1) is 29.3 Å². The summed E-state index contributed by atoms with van der Waals surface area (Å²) in [7, 11) is 1.62. The van der Waals surface area contributed by atoms with E-state index in [4.69, 9.17) is 4.74 Å². The number of hydrogen-bond acceptors (Lipinski definition) is 7. The number of nitro groups is 1. The standard InChI is InChI=1S/C21H20N4O4S/c1-13-18(20(26)23-15-5-7-16(8-6-15)25(27)28)19(24-11-12-30-21(24)22-13)14-3-9-17(29-2)10-4-14/h3-10,19H,11-12H2,1-2H3,(H,23,26). The molecule has 1 saturated heterocycles. The van der Waals surface area contributed by atoms with Crippen molar-refractivity contribution in [3.8, 4) is 5.75 Å². The van der Waals surface area contributed by atoms with Crippen molar-refractivity contribution in [2.75, 3.05) is 24.7 Å². The average molecular weight is 424 g/mol. The predicted octanol–water partition coefficient (Wildman–Crippen LogP) is 3.98. The zero-order chi connectivity index (χ0) is 21.3. The van der Waals surface area contributed by atoms with Crippen LogP contribution < -0.4 is 10.1 Å². The van der Waals surface area contributed by atoms with Gasteiger partial charge in [-0.1, -0.05) is 23.9 Å². The number of nitrogens with one attached hydrogen (secondary N) is 1. The molecule has 0 aromatic heterocycles. The molecule has 0 bridgehead atoms. The summed E-state index contributed by atoms with van der Waals surface area (Å²) in [4.78, 5) is 30.4. The van der Waals surface area contributed by atoms with E-state index in [0.717, 1.165) is 28.8 Å². The number of hydrogen-bond donors (Lipinski definition) is 1. The number of amides is 1. The molecule has 1 fully saturated rings. The molecular formula is C21H20N4O4S. The topological polar surface area (TPSA) is 97.1 Å². The lowest BCUT2D eigenvalue weighted by atomic mass is 9.93. The van der Waals surface area contributed by atoms with Crippen LogP contribution in [0.15, 0.2) is 64.8 Å². The van der Waals surface area contributed by atoms with Crippen molar-refractivity contribution in [2.24, 2.45) is 4.99 Å². The van der Waals surface area contributed by atoms with Gasteiger partial charge in [-0.25, -0.2) is 4.99 Å². The minimum atomic E-state index is -0.472. The summed E-state index contributed by atoms with van der Waals surface area (Å²) in [5.41, 5.74) is 2.66. The van der Waals surface area contributed by atoms with Crippen LogP contribution in [0.1, 0.15) is 18.5 Å². The Balaban J connectivity index is 1.67. The zero-order valence-electron chi connectivity index (χ0n) is 16.5. The summed E-state index contributed by atoms with van der Waals surface area (Å²) in [6, 6.07) is 13.2. The number of anilines is 1. The van der Waals surface area contributed by atoms with Gasteiger partial charge in [-0.05, 0) is 36.8 Å². The molecular weight excluding hydrogens is 404 g/mol. The fourth-order valence-electron chi connectivity index (χ4n) is 3.59. The van der Waals surface area contributed by atoms with E-state index in [2.05, 4.69) is 15.2 Å². The highest BCUT2D eigenvalue weighted by Gasteiger charge is 2.38. The Kier molecular flexibility index (Phi) is 5.45. The van der Waals surface area contributed by atoms with Crippen LogP contribution in [-0.4, -0.2) is 40.3 Å². The van der Waals surface area contributed by atoms with Crippen LogP contribution in [-0.2, 0) is 4.79 Å². The van der Waals surface area contributed by atoms with Gasteiger partial charge in [0.25, 0.3) is 11.6 Å². The molecule has 154 valence electrons. The van der Waals surface area contributed by atoms with Crippen molar-refractivity contribution in [1.82, 2.24) is 4.90 Å². The number of carbonyl (C=O) groups excluding carboxylic acids is 1. The lowest BCUT2D eigenvalue weighted by molar-refractivity contribution is -0.384. The second-order valence-electron chi connectivity index (χ2n) is 6.87. The summed E-state index contributed by atoms with van der Waals surface area (Å²) in [6.07, 6.45) is 0. The van der Waals surface area contributed by atoms with Crippen LogP contribution in [0, 0.1) is 10.1 Å². The summed E-state index contributed by atoms with van der Waals surface area (Å²) in [5.74, 6) is 1.38. The van der Waals surface area contributed by atoms with E-state index in [0.29, 0.717) is 17.0 Å². The first-order valence-electron chi connectivity index (χ1n) is 9.36. The quantitative estimate of drug-likeness (QED) is 0.576. The van der Waals surface area contributed by atoms with Gasteiger partial charge < -0.3 is 15.0 Å². The Morgan fingerprint density at radius 2 is 1.93 bits per heavy atom. The fourth-order valence-corrected chi connectivity index (χ4v) is 4.63. The molecule has 8 nitrogen and oxygen atoms in total. The Labute approximate surface area is 177 Å². The van der Waals surface area contributed by atoms with Crippen molar-refractivity contribution in [2.45, 2.75) is 13.0 Å². The lowest BCUT2D eigenvalue weighted by Crippen LogP contribution is -2.37. The number of non-ortho nitro benzene ring substituents is 1. The van der Waals surface area contributed by atoms with Crippen LogP contribution in [0.5, 0.6) is 5.75 Å². The van der Waals surface area contributed by atoms with E-state index in [1.165, 1.54) is 24.3 Å². The normalized spacial score (nSPS) is 18.0. The summed E-state index contributed by atoms with van der Waals surface area (Å²) < 4.78 is 5.26. The van der Waals surface area contributed by atoms with Crippen molar-refractivity contribution in [3.63, 3.8) is 0 Å². The van der Waals surface area contributed by atoms with Crippen LogP contribution >= 0.6 is 11.8 Å². The van der Waals surface area contributed by atoms with Gasteiger partial charge >= 0.3 is 0 Å². The molecule has 2 aliphatic heterocycles. The number of rotatable bonds is 5. The molecule has 0 spiro atoms. The largest absolute Gasteiger partial charge is 0.497 e. The maximum Gasteiger partial charge on any atom is 0.269 e. The highest BCUT2D eigenvalue weighted by Crippen LogP contribution is 2.40. The maximum atomic E-state index is 13.3. The number of fused-ring (bicyclic) bond motifs is 1. The number of aliphatic imine (C=N–C) groups is 1. The summed E-state index contributed by atoms with van der Waals surface area (Å²) in [6.45, 7) is 2.63. The maximum absolute atomic E-state index is 13.3. The number of amidine groups is 1. The monoisotopic (exact) mass is 424 g/mol. The highest BCUT2D eigenvalue weighted by atomic mass is 32.2. The Morgan fingerprint density at radius 3 is 2.57 bits per heavy atom. The van der Waals surface area contributed by atoms with E-state index in [1.54, 1.807) is 18.9 Å². The van der Waals surface area contributed by atoms with E-state index < -0.39 is 4.92 Å². The highest BCUT2D eigenvalue weighted by molar-refractivity contribution is 8.14. The molecule has 0 aliphatic carbocycles. The summed E-state index contributed by atoms with van der Waals surface area (Å²) >= 11 is 1.68. The molecule has 4 rings (SSSR count). The van der Waals surface area contributed by atoms with Crippen LogP contribution in [0.2, 0.25) is 0 Å². The zero-order valence-corrected chi connectivity index (χ0v) is 17.3. The van der Waals surface area contributed by atoms with E-state index in [9.17, 15) is 14.9 Å². The number of thioether (sulfide) groups is 1. The van der Waals surface area contributed by atoms with Gasteiger partial charge in [-0.2, -0.15) is 0 Å². The molecule has 30 heavy (non-hydrogen) atoms. The molecule has 2 aliphatic rings. The number of methoxy groups -OCH3 is 1. The predicted molar refractivity (Wildman–Crippen MR) is 117 cm³/mol. The molecule has 0 saturated carbocycles. The third-order valence-corrected chi connectivity index (χ3v) is 6.03. The van der Waals surface area contributed by atoms with Crippen molar-refractivity contribution in [1.29, 1.82) is 0 Å². The third-order valence-electron chi connectivity index (χ3n) is 5.06. The molecule has 1 unspecified atom stereocenters. The fraction of sp³-hybridized carbons (Fsp3) is 0.238. The van der Waals surface area contributed by atoms with Gasteiger partial charge in [-0.15, -0.1) is 0 Å². The molecule has 2 aromatic rings. The Hall–Kier alpha value is -3.33.